The Morgan fingerprint density at radius 2 is 1.85 bits per heavy atom. The van der Waals surface area contributed by atoms with Crippen LogP contribution in [-0.2, 0) is 25.6 Å². The molecule has 3 aliphatic carbocycles. The van der Waals surface area contributed by atoms with Crippen LogP contribution in [0.4, 0.5) is 5.69 Å². The number of benzene rings is 1. The Bertz CT molecular complexity index is 1330. The van der Waals surface area contributed by atoms with E-state index in [9.17, 15) is 39.6 Å². The Kier molecular flexibility index (Phi) is 7.32. The van der Waals surface area contributed by atoms with Gasteiger partial charge in [-0.05, 0) is 56.9 Å². The molecule has 1 fully saturated rings. The number of carbonyl (C=O) groups is 4. The monoisotopic (exact) mass is 542 g/mol. The van der Waals surface area contributed by atoms with Gasteiger partial charge in [0.2, 0.25) is 11.7 Å². The number of likely N-dealkylation sites (N-methyl/N-ethyl adjacent to an activating group) is 1. The van der Waals surface area contributed by atoms with Gasteiger partial charge in [0.1, 0.15) is 22.8 Å². The first-order chi connectivity index (χ1) is 18.2. The Hall–Kier alpha value is -3.74. The second-order valence-electron chi connectivity index (χ2n) is 11.0. The van der Waals surface area contributed by atoms with Gasteiger partial charge in [-0.15, -0.1) is 0 Å². The number of hydrogen-bond donors (Lipinski definition) is 7. The summed E-state index contributed by atoms with van der Waals surface area (Å²) < 4.78 is 0. The molecule has 0 saturated heterocycles. The number of carbonyl (C=O) groups excluding carboxylic acids is 4. The van der Waals surface area contributed by atoms with Crippen molar-refractivity contribution in [1.29, 1.82) is 0 Å². The number of nitrogens with one attached hydrogen (secondary N) is 2. The van der Waals surface area contributed by atoms with E-state index in [1.165, 1.54) is 11.0 Å². The summed E-state index contributed by atoms with van der Waals surface area (Å²) in [6, 6.07) is 1.97. The number of Topliss-reactive ketones (excluding diaryl/α,β-unsaturated/α-hetero) is 2. The summed E-state index contributed by atoms with van der Waals surface area (Å²) in [5.41, 5.74) is 1.94. The van der Waals surface area contributed by atoms with E-state index < -0.39 is 69.7 Å². The van der Waals surface area contributed by atoms with E-state index in [-0.39, 0.29) is 36.2 Å². The molecule has 3 aliphatic rings. The molecule has 1 aromatic carbocycles. The normalized spacial score (nSPS) is 26.5. The highest BCUT2D eigenvalue weighted by atomic mass is 16.3. The number of aromatic hydroxyl groups is 1. The lowest BCUT2D eigenvalue weighted by molar-refractivity contribution is -0.153. The van der Waals surface area contributed by atoms with Crippen molar-refractivity contribution >= 4 is 34.8 Å². The lowest BCUT2D eigenvalue weighted by Gasteiger charge is -2.50. The average molecular weight is 543 g/mol. The SMILES string of the molecule is CC(C)CNCC(=O)Nc1ccc2c(c1O)C(O)=C1C(=O)[C@]3(O)C(O)=C(C(N)=O)C(=O)[C@@H](N(C)C)C3CC1C2. The maximum Gasteiger partial charge on any atom is 0.255 e. The molecule has 0 bridgehead atoms. The summed E-state index contributed by atoms with van der Waals surface area (Å²) in [4.78, 5) is 52.8. The quantitative estimate of drug-likeness (QED) is 0.184. The highest BCUT2D eigenvalue weighted by Crippen LogP contribution is 2.53. The molecule has 0 spiro atoms. The maximum atomic E-state index is 13.8. The molecule has 2 amide bonds. The number of phenolic OH excluding ortho intramolecular Hbond substituents is 1. The topological polar surface area (TPSA) is 203 Å². The van der Waals surface area contributed by atoms with Crippen LogP contribution < -0.4 is 16.4 Å². The average Bonchev–Trinajstić information content (AvgIpc) is 2.82. The predicted octanol–water partition coefficient (Wildman–Crippen LogP) is 0.148. The molecule has 0 aromatic heterocycles. The zero-order valence-corrected chi connectivity index (χ0v) is 22.2. The number of nitrogens with two attached hydrogens (primary N) is 1. The molecule has 0 aliphatic heterocycles. The molecule has 2 unspecified atom stereocenters. The van der Waals surface area contributed by atoms with Crippen LogP contribution >= 0.6 is 0 Å². The number of rotatable bonds is 7. The highest BCUT2D eigenvalue weighted by Gasteiger charge is 2.64. The van der Waals surface area contributed by atoms with Gasteiger partial charge in [0.25, 0.3) is 5.91 Å². The molecule has 1 aromatic rings. The molecule has 39 heavy (non-hydrogen) atoms. The fourth-order valence-electron chi connectivity index (χ4n) is 5.99. The van der Waals surface area contributed by atoms with Gasteiger partial charge in [-0.1, -0.05) is 19.9 Å². The fourth-order valence-corrected chi connectivity index (χ4v) is 5.99. The van der Waals surface area contributed by atoms with Crippen LogP contribution in [0.15, 0.2) is 29.0 Å². The first-order valence-electron chi connectivity index (χ1n) is 12.7. The van der Waals surface area contributed by atoms with Crippen LogP contribution in [0.1, 0.15) is 31.4 Å². The summed E-state index contributed by atoms with van der Waals surface area (Å²) in [6.07, 6.45) is 0.179. The third-order valence-electron chi connectivity index (χ3n) is 7.71. The maximum absolute atomic E-state index is 13.8. The summed E-state index contributed by atoms with van der Waals surface area (Å²) in [6.45, 7) is 4.59. The molecule has 8 N–H and O–H groups in total. The third-order valence-corrected chi connectivity index (χ3v) is 7.71. The van der Waals surface area contributed by atoms with Crippen molar-refractivity contribution in [3.63, 3.8) is 0 Å². The third kappa shape index (κ3) is 4.48. The summed E-state index contributed by atoms with van der Waals surface area (Å²) in [7, 11) is 3.08. The van der Waals surface area contributed by atoms with Crippen molar-refractivity contribution in [1.82, 2.24) is 10.2 Å². The first-order valence-corrected chi connectivity index (χ1v) is 12.7. The smallest absolute Gasteiger partial charge is 0.255 e. The van der Waals surface area contributed by atoms with E-state index in [1.807, 2.05) is 13.8 Å². The van der Waals surface area contributed by atoms with Crippen LogP contribution in [-0.4, -0.2) is 87.5 Å². The number of nitrogens with zero attached hydrogens (tertiary/aromatic N) is 1. The van der Waals surface area contributed by atoms with E-state index in [1.54, 1.807) is 20.2 Å². The second-order valence-corrected chi connectivity index (χ2v) is 11.0. The fraction of sp³-hybridized carbons (Fsp3) is 0.481. The number of phenols is 1. The molecular formula is C27H34N4O8. The van der Waals surface area contributed by atoms with Crippen LogP contribution in [0.2, 0.25) is 0 Å². The number of fused-ring (bicyclic) bond motifs is 3. The minimum absolute atomic E-state index is 0.00364. The van der Waals surface area contributed by atoms with E-state index in [2.05, 4.69) is 10.6 Å². The summed E-state index contributed by atoms with van der Waals surface area (Å²) >= 11 is 0. The second kappa shape index (κ2) is 10.1. The van der Waals surface area contributed by atoms with Crippen LogP contribution in [0, 0.1) is 17.8 Å². The van der Waals surface area contributed by atoms with Gasteiger partial charge < -0.3 is 36.8 Å². The molecular weight excluding hydrogens is 508 g/mol. The highest BCUT2D eigenvalue weighted by molar-refractivity contribution is 6.24. The predicted molar refractivity (Wildman–Crippen MR) is 141 cm³/mol. The molecule has 12 heteroatoms. The lowest BCUT2D eigenvalue weighted by Crippen LogP contribution is -2.65. The number of anilines is 1. The minimum atomic E-state index is -2.70. The van der Waals surface area contributed by atoms with Gasteiger partial charge in [-0.2, -0.15) is 0 Å². The zero-order chi connectivity index (χ0) is 29.0. The van der Waals surface area contributed by atoms with Gasteiger partial charge >= 0.3 is 0 Å². The Labute approximate surface area is 225 Å². The molecule has 0 radical (unpaired) electrons. The molecule has 4 atom stereocenters. The number of aliphatic hydroxyl groups is 3. The molecule has 12 nitrogen and oxygen atoms in total. The largest absolute Gasteiger partial charge is 0.508 e. The van der Waals surface area contributed by atoms with Crippen LogP contribution in [0.5, 0.6) is 5.75 Å². The number of hydrogen-bond acceptors (Lipinski definition) is 10. The van der Waals surface area contributed by atoms with Crippen molar-refractivity contribution in [2.24, 2.45) is 23.5 Å². The van der Waals surface area contributed by atoms with Gasteiger partial charge in [0.15, 0.2) is 11.4 Å². The van der Waals surface area contributed by atoms with Crippen molar-refractivity contribution in [3.8, 4) is 5.75 Å². The number of aliphatic hydroxyl groups excluding tert-OH is 2. The first kappa shape index (κ1) is 28.3. The minimum Gasteiger partial charge on any atom is -0.508 e. The Balaban J connectivity index is 1.77. The van der Waals surface area contributed by atoms with Crippen LogP contribution in [0.25, 0.3) is 5.76 Å². The molecule has 4 rings (SSSR count). The van der Waals surface area contributed by atoms with Crippen molar-refractivity contribution in [2.75, 3.05) is 32.5 Å². The number of amides is 2. The Morgan fingerprint density at radius 3 is 2.44 bits per heavy atom. The van der Waals surface area contributed by atoms with Crippen molar-refractivity contribution < 1.29 is 39.6 Å². The van der Waals surface area contributed by atoms with Crippen LogP contribution in [0.3, 0.4) is 0 Å². The number of ketones is 2. The lowest BCUT2D eigenvalue weighted by atomic mass is 9.57. The molecule has 210 valence electrons. The summed E-state index contributed by atoms with van der Waals surface area (Å²) in [5.74, 6) is -7.29. The number of primary amides is 1. The van der Waals surface area contributed by atoms with E-state index in [0.717, 1.165) is 0 Å². The van der Waals surface area contributed by atoms with Gasteiger partial charge in [0.05, 0.1) is 23.8 Å². The van der Waals surface area contributed by atoms with Crippen molar-refractivity contribution in [3.05, 3.63) is 40.2 Å². The van der Waals surface area contributed by atoms with E-state index >= 15 is 0 Å². The zero-order valence-electron chi connectivity index (χ0n) is 22.2. The van der Waals surface area contributed by atoms with Gasteiger partial charge in [0, 0.05) is 11.5 Å². The Morgan fingerprint density at radius 1 is 1.18 bits per heavy atom. The van der Waals surface area contributed by atoms with E-state index in [4.69, 9.17) is 5.73 Å². The molecule has 1 saturated carbocycles. The van der Waals surface area contributed by atoms with Crippen molar-refractivity contribution in [2.45, 2.75) is 38.3 Å². The van der Waals surface area contributed by atoms with Gasteiger partial charge in [-0.3, -0.25) is 24.1 Å². The van der Waals surface area contributed by atoms with E-state index in [0.29, 0.717) is 18.0 Å². The van der Waals surface area contributed by atoms with Gasteiger partial charge in [-0.25, -0.2) is 0 Å². The standard InChI is InChI=1S/C27H34N4O8/c1-11(2)9-29-10-16(32)30-15-6-5-12-7-13-8-14-20(31(3)4)23(35)19(26(28)38)25(37)27(14,39)24(36)18(13)22(34)17(12)21(15)33/h5-6,11,13-14,20,29,33-34,37,39H,7-10H2,1-4H3,(H2,28,38)(H,30,32)/t13?,14?,20-,27-/m0/s1. The molecule has 0 heterocycles. The summed E-state index contributed by atoms with van der Waals surface area (Å²) in [5, 5.41) is 50.3.